The lowest BCUT2D eigenvalue weighted by atomic mass is 9.98. The fraction of sp³-hybridized carbons (Fsp3) is 0.250. The van der Waals surface area contributed by atoms with Gasteiger partial charge in [-0.25, -0.2) is 0 Å². The van der Waals surface area contributed by atoms with Crippen LogP contribution in [-0.4, -0.2) is 7.05 Å². The molecule has 0 aromatic heterocycles. The zero-order valence-electron chi connectivity index (χ0n) is 9.63. The summed E-state index contributed by atoms with van der Waals surface area (Å²) in [4.78, 5) is 3.86. The molecule has 0 radical (unpaired) electrons. The van der Waals surface area contributed by atoms with E-state index in [0.29, 0.717) is 17.0 Å². The molecule has 0 N–H and O–H groups in total. The van der Waals surface area contributed by atoms with Crippen LogP contribution in [0, 0.1) is 6.92 Å². The number of benzene rings is 1. The largest absolute Gasteiger partial charge is 0.579 e. The summed E-state index contributed by atoms with van der Waals surface area (Å²) in [5.74, 6) is -1.13. The molecule has 0 aromatic carbocycles. The van der Waals surface area contributed by atoms with Gasteiger partial charge in [0.05, 0.1) is 16.9 Å². The number of aryl methyl sites for hydroxylation is 1. The molecular formula is C12H9F3NO2-. The third-order valence-electron chi connectivity index (χ3n) is 2.59. The Morgan fingerprint density at radius 2 is 1.89 bits per heavy atom. The highest BCUT2D eigenvalue weighted by Gasteiger charge is 2.34. The van der Waals surface area contributed by atoms with Crippen LogP contribution < -0.4 is 10.5 Å². The molecule has 0 atom stereocenters. The Kier molecular flexibility index (Phi) is 2.80. The van der Waals surface area contributed by atoms with Gasteiger partial charge in [-0.15, -0.1) is 0 Å². The first kappa shape index (κ1) is 12.5. The lowest BCUT2D eigenvalue weighted by Crippen LogP contribution is -2.13. The minimum Gasteiger partial charge on any atom is -0.579 e. The molecule has 0 saturated heterocycles. The second-order valence-electron chi connectivity index (χ2n) is 3.84. The minimum atomic E-state index is -4.59. The summed E-state index contributed by atoms with van der Waals surface area (Å²) in [6.07, 6.45) is -4.59. The number of alkyl halides is 3. The second-order valence-corrected chi connectivity index (χ2v) is 3.84. The SMILES string of the molecule is CN=c1cc2oc([O-])cc(C(F)(F)F)c-2c(C)c1. The van der Waals surface area contributed by atoms with Crippen molar-refractivity contribution in [1.82, 2.24) is 0 Å². The quantitative estimate of drug-likeness (QED) is 0.726. The van der Waals surface area contributed by atoms with E-state index in [1.54, 1.807) is 0 Å². The van der Waals surface area contributed by atoms with Crippen molar-refractivity contribution < 1.29 is 22.7 Å². The Balaban J connectivity index is 2.91. The van der Waals surface area contributed by atoms with Gasteiger partial charge in [-0.05, 0) is 30.7 Å². The van der Waals surface area contributed by atoms with E-state index in [0.717, 1.165) is 0 Å². The summed E-state index contributed by atoms with van der Waals surface area (Å²) in [7, 11) is 1.51. The lowest BCUT2D eigenvalue weighted by Gasteiger charge is -2.21. The molecule has 6 heteroatoms. The first-order valence-electron chi connectivity index (χ1n) is 5.08. The van der Waals surface area contributed by atoms with Gasteiger partial charge in [-0.2, -0.15) is 13.2 Å². The van der Waals surface area contributed by atoms with Crippen molar-refractivity contribution in [3.63, 3.8) is 0 Å². The highest BCUT2D eigenvalue weighted by molar-refractivity contribution is 5.68. The Hall–Kier alpha value is -1.98. The molecule has 2 rings (SSSR count). The first-order chi connectivity index (χ1) is 8.32. The van der Waals surface area contributed by atoms with E-state index in [1.807, 2.05) is 0 Å². The molecule has 1 heterocycles. The normalized spacial score (nSPS) is 13.3. The lowest BCUT2D eigenvalue weighted by molar-refractivity contribution is -0.295. The van der Waals surface area contributed by atoms with Crippen LogP contribution in [0.15, 0.2) is 27.6 Å². The van der Waals surface area contributed by atoms with E-state index in [-0.39, 0.29) is 11.3 Å². The summed E-state index contributed by atoms with van der Waals surface area (Å²) in [6, 6.07) is 3.30. The van der Waals surface area contributed by atoms with Gasteiger partial charge in [0.2, 0.25) is 0 Å². The fourth-order valence-electron chi connectivity index (χ4n) is 1.84. The van der Waals surface area contributed by atoms with Crippen LogP contribution in [0.3, 0.4) is 0 Å². The summed E-state index contributed by atoms with van der Waals surface area (Å²) < 4.78 is 43.4. The molecule has 0 spiro atoms. The predicted molar refractivity (Wildman–Crippen MR) is 56.0 cm³/mol. The van der Waals surface area contributed by atoms with Crippen LogP contribution in [0.2, 0.25) is 0 Å². The Morgan fingerprint density at radius 3 is 2.44 bits per heavy atom. The van der Waals surface area contributed by atoms with Crippen molar-refractivity contribution in [2.24, 2.45) is 4.99 Å². The monoisotopic (exact) mass is 256 g/mol. The van der Waals surface area contributed by atoms with Crippen LogP contribution >= 0.6 is 0 Å². The van der Waals surface area contributed by atoms with Crippen molar-refractivity contribution in [2.75, 3.05) is 7.05 Å². The van der Waals surface area contributed by atoms with Gasteiger partial charge in [0.1, 0.15) is 0 Å². The average Bonchev–Trinajstić information content (AvgIpc) is 2.25. The summed E-state index contributed by atoms with van der Waals surface area (Å²) in [5, 5.41) is 11.6. The average molecular weight is 256 g/mol. The van der Waals surface area contributed by atoms with Crippen molar-refractivity contribution in [3.05, 3.63) is 34.7 Å². The Bertz CT molecular complexity index is 629. The molecule has 0 unspecified atom stereocenters. The number of halogens is 3. The Labute approximate surface area is 101 Å². The molecular weight excluding hydrogens is 247 g/mol. The van der Waals surface area contributed by atoms with E-state index in [2.05, 4.69) is 4.99 Å². The molecule has 0 fully saturated rings. The van der Waals surface area contributed by atoms with Gasteiger partial charge in [0.25, 0.3) is 0 Å². The third-order valence-corrected chi connectivity index (χ3v) is 2.59. The topological polar surface area (TPSA) is 48.6 Å². The summed E-state index contributed by atoms with van der Waals surface area (Å²) >= 11 is 0. The highest BCUT2D eigenvalue weighted by atomic mass is 19.4. The highest BCUT2D eigenvalue weighted by Crippen LogP contribution is 2.40. The van der Waals surface area contributed by atoms with E-state index in [9.17, 15) is 18.3 Å². The van der Waals surface area contributed by atoms with Crippen LogP contribution in [0.1, 0.15) is 11.1 Å². The van der Waals surface area contributed by atoms with Gasteiger partial charge < -0.3 is 9.52 Å². The summed E-state index contributed by atoms with van der Waals surface area (Å²) in [6.45, 7) is 1.52. The molecule has 0 bridgehead atoms. The third kappa shape index (κ3) is 2.05. The first-order valence-corrected chi connectivity index (χ1v) is 5.08. The number of hydrogen-bond donors (Lipinski definition) is 0. The molecule has 0 amide bonds. The van der Waals surface area contributed by atoms with Gasteiger partial charge in [0, 0.05) is 18.4 Å². The standard InChI is InChI=1S/C12H10F3NO2/c1-6-3-7(16-2)4-9-11(6)8(12(13,14)15)5-10(17)18-9/h3-5,17H,1-2H3/p-1. The Morgan fingerprint density at radius 1 is 1.22 bits per heavy atom. The van der Waals surface area contributed by atoms with E-state index in [1.165, 1.54) is 26.1 Å². The van der Waals surface area contributed by atoms with Gasteiger partial charge in [0.15, 0.2) is 0 Å². The molecule has 0 aromatic rings. The van der Waals surface area contributed by atoms with Gasteiger partial charge in [-0.3, -0.25) is 4.99 Å². The van der Waals surface area contributed by atoms with Crippen LogP contribution in [0.5, 0.6) is 5.95 Å². The minimum absolute atomic E-state index is 0.101. The zero-order valence-corrected chi connectivity index (χ0v) is 9.63. The molecule has 1 aliphatic carbocycles. The maximum absolute atomic E-state index is 12.9. The van der Waals surface area contributed by atoms with Crippen LogP contribution in [0.4, 0.5) is 13.2 Å². The maximum atomic E-state index is 12.9. The summed E-state index contributed by atoms with van der Waals surface area (Å²) in [5.41, 5.74) is -0.715. The van der Waals surface area contributed by atoms with E-state index < -0.39 is 17.7 Å². The fourth-order valence-corrected chi connectivity index (χ4v) is 1.84. The second kappa shape index (κ2) is 4.04. The molecule has 18 heavy (non-hydrogen) atoms. The van der Waals surface area contributed by atoms with Crippen LogP contribution in [-0.2, 0) is 6.18 Å². The van der Waals surface area contributed by atoms with Crippen LogP contribution in [0.25, 0.3) is 11.3 Å². The van der Waals surface area contributed by atoms with E-state index >= 15 is 0 Å². The van der Waals surface area contributed by atoms with Gasteiger partial charge in [-0.1, -0.05) is 0 Å². The van der Waals surface area contributed by atoms with Gasteiger partial charge >= 0.3 is 6.18 Å². The number of hydrogen-bond acceptors (Lipinski definition) is 3. The maximum Gasteiger partial charge on any atom is 0.417 e. The molecule has 3 nitrogen and oxygen atoms in total. The number of fused-ring (bicyclic) bond motifs is 1. The zero-order chi connectivity index (χ0) is 13.5. The molecule has 0 saturated carbocycles. The van der Waals surface area contributed by atoms with Crippen molar-refractivity contribution in [1.29, 1.82) is 0 Å². The van der Waals surface area contributed by atoms with E-state index in [4.69, 9.17) is 4.42 Å². The number of rotatable bonds is 0. The molecule has 96 valence electrons. The van der Waals surface area contributed by atoms with Crippen molar-refractivity contribution >= 4 is 0 Å². The molecule has 2 aliphatic rings. The number of nitrogens with zero attached hydrogens (tertiary/aromatic N) is 1. The predicted octanol–water partition coefficient (Wildman–Crippen LogP) is 2.32. The smallest absolute Gasteiger partial charge is 0.417 e. The molecule has 1 aliphatic heterocycles. The van der Waals surface area contributed by atoms with Crippen molar-refractivity contribution in [3.8, 4) is 17.3 Å². The van der Waals surface area contributed by atoms with Crippen molar-refractivity contribution in [2.45, 2.75) is 13.1 Å².